The first kappa shape index (κ1) is 15.4. The quantitative estimate of drug-likeness (QED) is 0.670. The fourth-order valence-corrected chi connectivity index (χ4v) is 2.42. The summed E-state index contributed by atoms with van der Waals surface area (Å²) in [6, 6.07) is 12.3. The Kier molecular flexibility index (Phi) is 3.83. The third-order valence-electron chi connectivity index (χ3n) is 3.48. The average molecular weight is 324 g/mol. The Balaban J connectivity index is 1.90. The number of fused-ring (bicyclic) bond motifs is 1. The standard InChI is InChI=1S/C17H12N2O5/c18-14(20)9-24-17(23)10-4-3-5-11(8-10)19-15(21)12-6-1-2-7-13(12)16(19)22/h1-8H,9H2,(H2,18,20). The summed E-state index contributed by atoms with van der Waals surface area (Å²) in [6.07, 6.45) is 0. The van der Waals surface area contributed by atoms with Gasteiger partial charge in [0.2, 0.25) is 0 Å². The number of ether oxygens (including phenoxy) is 1. The summed E-state index contributed by atoms with van der Waals surface area (Å²) in [7, 11) is 0. The Morgan fingerprint density at radius 2 is 1.58 bits per heavy atom. The van der Waals surface area contributed by atoms with Gasteiger partial charge in [0, 0.05) is 0 Å². The molecule has 2 N–H and O–H groups in total. The second kappa shape index (κ2) is 5.96. The normalized spacial score (nSPS) is 12.9. The van der Waals surface area contributed by atoms with Crippen molar-refractivity contribution >= 4 is 29.4 Å². The maximum atomic E-state index is 12.4. The summed E-state index contributed by atoms with van der Waals surface area (Å²) in [4.78, 5) is 48.4. The van der Waals surface area contributed by atoms with Crippen molar-refractivity contribution in [2.24, 2.45) is 5.73 Å². The molecule has 3 rings (SSSR count). The second-order valence-corrected chi connectivity index (χ2v) is 5.08. The summed E-state index contributed by atoms with van der Waals surface area (Å²) in [5, 5.41) is 0. The molecule has 2 aromatic rings. The molecule has 24 heavy (non-hydrogen) atoms. The molecule has 0 unspecified atom stereocenters. The van der Waals surface area contributed by atoms with Gasteiger partial charge in [0.1, 0.15) is 0 Å². The number of amides is 3. The highest BCUT2D eigenvalue weighted by Gasteiger charge is 2.36. The lowest BCUT2D eigenvalue weighted by Gasteiger charge is -2.14. The van der Waals surface area contributed by atoms with Gasteiger partial charge in [0.25, 0.3) is 17.7 Å². The van der Waals surface area contributed by atoms with Crippen molar-refractivity contribution in [1.82, 2.24) is 0 Å². The fourth-order valence-electron chi connectivity index (χ4n) is 2.42. The predicted octanol–water partition coefficient (Wildman–Crippen LogP) is 1.13. The largest absolute Gasteiger partial charge is 0.452 e. The molecule has 120 valence electrons. The Morgan fingerprint density at radius 3 is 2.17 bits per heavy atom. The van der Waals surface area contributed by atoms with Crippen LogP contribution >= 0.6 is 0 Å². The van der Waals surface area contributed by atoms with E-state index in [1.54, 1.807) is 24.3 Å². The molecule has 2 aromatic carbocycles. The minimum atomic E-state index is -0.778. The van der Waals surface area contributed by atoms with Crippen molar-refractivity contribution in [1.29, 1.82) is 0 Å². The number of hydrogen-bond donors (Lipinski definition) is 1. The van der Waals surface area contributed by atoms with E-state index in [2.05, 4.69) is 0 Å². The van der Waals surface area contributed by atoms with Gasteiger partial charge in [-0.2, -0.15) is 0 Å². The molecule has 3 amide bonds. The van der Waals surface area contributed by atoms with E-state index in [0.29, 0.717) is 11.1 Å². The van der Waals surface area contributed by atoms with Gasteiger partial charge in [-0.1, -0.05) is 18.2 Å². The third-order valence-corrected chi connectivity index (χ3v) is 3.48. The van der Waals surface area contributed by atoms with Crippen molar-refractivity contribution in [3.63, 3.8) is 0 Å². The summed E-state index contributed by atoms with van der Waals surface area (Å²) in [6.45, 7) is -0.546. The number of rotatable bonds is 4. The highest BCUT2D eigenvalue weighted by molar-refractivity contribution is 6.34. The lowest BCUT2D eigenvalue weighted by atomic mass is 10.1. The number of carbonyl (C=O) groups excluding carboxylic acids is 4. The van der Waals surface area contributed by atoms with Gasteiger partial charge in [-0.05, 0) is 30.3 Å². The van der Waals surface area contributed by atoms with Crippen LogP contribution < -0.4 is 10.6 Å². The van der Waals surface area contributed by atoms with E-state index in [1.807, 2.05) is 0 Å². The molecule has 0 saturated heterocycles. The number of hydrogen-bond acceptors (Lipinski definition) is 5. The molecule has 1 aliphatic rings. The van der Waals surface area contributed by atoms with E-state index < -0.39 is 30.3 Å². The molecule has 0 bridgehead atoms. The maximum absolute atomic E-state index is 12.4. The highest BCUT2D eigenvalue weighted by Crippen LogP contribution is 2.28. The van der Waals surface area contributed by atoms with Gasteiger partial charge < -0.3 is 10.5 Å². The summed E-state index contributed by atoms with van der Waals surface area (Å²) in [5.74, 6) is -2.47. The number of nitrogens with two attached hydrogens (primary N) is 1. The SMILES string of the molecule is NC(=O)COC(=O)c1cccc(N2C(=O)c3ccccc3C2=O)c1. The first-order valence-corrected chi connectivity index (χ1v) is 7.02. The molecule has 0 spiro atoms. The molecular formula is C17H12N2O5. The molecule has 0 atom stereocenters. The van der Waals surface area contributed by atoms with Crippen molar-refractivity contribution in [3.05, 3.63) is 65.2 Å². The molecule has 0 aliphatic carbocycles. The van der Waals surface area contributed by atoms with Crippen molar-refractivity contribution in [2.45, 2.75) is 0 Å². The van der Waals surface area contributed by atoms with Gasteiger partial charge >= 0.3 is 5.97 Å². The Bertz CT molecular complexity index is 840. The molecule has 0 saturated carbocycles. The summed E-state index contributed by atoms with van der Waals surface area (Å²) in [5.41, 5.74) is 5.89. The van der Waals surface area contributed by atoms with Gasteiger partial charge in [-0.15, -0.1) is 0 Å². The molecule has 1 heterocycles. The minimum Gasteiger partial charge on any atom is -0.452 e. The lowest BCUT2D eigenvalue weighted by molar-refractivity contribution is -0.121. The third kappa shape index (κ3) is 2.63. The molecule has 0 fully saturated rings. The number of anilines is 1. The van der Waals surface area contributed by atoms with Crippen LogP contribution in [0.1, 0.15) is 31.1 Å². The predicted molar refractivity (Wildman–Crippen MR) is 83.5 cm³/mol. The monoisotopic (exact) mass is 324 g/mol. The molecule has 0 radical (unpaired) electrons. The van der Waals surface area contributed by atoms with Crippen LogP contribution in [0.2, 0.25) is 0 Å². The Labute approximate surface area is 136 Å². The first-order valence-electron chi connectivity index (χ1n) is 7.02. The summed E-state index contributed by atoms with van der Waals surface area (Å²) >= 11 is 0. The van der Waals surface area contributed by atoms with Crippen LogP contribution in [0.15, 0.2) is 48.5 Å². The topological polar surface area (TPSA) is 107 Å². The zero-order chi connectivity index (χ0) is 17.3. The number of imide groups is 1. The van der Waals surface area contributed by atoms with E-state index >= 15 is 0 Å². The van der Waals surface area contributed by atoms with Crippen LogP contribution in [0.4, 0.5) is 5.69 Å². The lowest BCUT2D eigenvalue weighted by Crippen LogP contribution is -2.29. The average Bonchev–Trinajstić information content (AvgIpc) is 2.84. The first-order chi connectivity index (χ1) is 11.5. The van der Waals surface area contributed by atoms with Crippen LogP contribution in [0.5, 0.6) is 0 Å². The number of esters is 1. The molecule has 0 aromatic heterocycles. The molecule has 1 aliphatic heterocycles. The van der Waals surface area contributed by atoms with Crippen molar-refractivity contribution in [3.8, 4) is 0 Å². The van der Waals surface area contributed by atoms with Gasteiger partial charge in [0.15, 0.2) is 6.61 Å². The van der Waals surface area contributed by atoms with E-state index in [4.69, 9.17) is 10.5 Å². The number of primary amides is 1. The van der Waals surface area contributed by atoms with E-state index in [1.165, 1.54) is 24.3 Å². The zero-order valence-corrected chi connectivity index (χ0v) is 12.4. The molecular weight excluding hydrogens is 312 g/mol. The Morgan fingerprint density at radius 1 is 0.958 bits per heavy atom. The van der Waals surface area contributed by atoms with Crippen LogP contribution in [0.3, 0.4) is 0 Å². The van der Waals surface area contributed by atoms with Crippen molar-refractivity contribution < 1.29 is 23.9 Å². The highest BCUT2D eigenvalue weighted by atomic mass is 16.5. The number of nitrogens with zero attached hydrogens (tertiary/aromatic N) is 1. The van der Waals surface area contributed by atoms with E-state index in [9.17, 15) is 19.2 Å². The molecule has 7 nitrogen and oxygen atoms in total. The van der Waals surface area contributed by atoms with Crippen LogP contribution in [0.25, 0.3) is 0 Å². The summed E-state index contributed by atoms with van der Waals surface area (Å²) < 4.78 is 4.72. The van der Waals surface area contributed by atoms with Gasteiger partial charge in [-0.3, -0.25) is 14.4 Å². The van der Waals surface area contributed by atoms with Gasteiger partial charge in [-0.25, -0.2) is 9.69 Å². The van der Waals surface area contributed by atoms with Crippen molar-refractivity contribution in [2.75, 3.05) is 11.5 Å². The smallest absolute Gasteiger partial charge is 0.338 e. The van der Waals surface area contributed by atoms with E-state index in [-0.39, 0.29) is 11.3 Å². The second-order valence-electron chi connectivity index (χ2n) is 5.08. The number of benzene rings is 2. The number of carbonyl (C=O) groups is 4. The van der Waals surface area contributed by atoms with Gasteiger partial charge in [0.05, 0.1) is 22.4 Å². The minimum absolute atomic E-state index is 0.102. The van der Waals surface area contributed by atoms with Crippen LogP contribution in [0, 0.1) is 0 Å². The van der Waals surface area contributed by atoms with Crippen LogP contribution in [-0.4, -0.2) is 30.3 Å². The van der Waals surface area contributed by atoms with E-state index in [0.717, 1.165) is 4.90 Å². The maximum Gasteiger partial charge on any atom is 0.338 e. The molecule has 7 heteroatoms. The van der Waals surface area contributed by atoms with Crippen LogP contribution in [-0.2, 0) is 9.53 Å². The Hall–Kier alpha value is -3.48. The fraction of sp³-hybridized carbons (Fsp3) is 0.0588. The zero-order valence-electron chi connectivity index (χ0n) is 12.4.